The highest BCUT2D eigenvalue weighted by Crippen LogP contribution is 2.40. The van der Waals surface area contributed by atoms with Gasteiger partial charge in [0.25, 0.3) is 0 Å². The van der Waals surface area contributed by atoms with Crippen LogP contribution in [0.4, 0.5) is 0 Å². The molecule has 0 aromatic carbocycles. The van der Waals surface area contributed by atoms with Crippen molar-refractivity contribution in [3.05, 3.63) is 0 Å². The van der Waals surface area contributed by atoms with Crippen molar-refractivity contribution in [3.8, 4) is 0 Å². The van der Waals surface area contributed by atoms with Gasteiger partial charge in [-0.25, -0.2) is 0 Å². The number of likely N-dealkylation sites (tertiary alicyclic amines) is 1. The van der Waals surface area contributed by atoms with Gasteiger partial charge in [-0.2, -0.15) is 0 Å². The van der Waals surface area contributed by atoms with Gasteiger partial charge in [-0.05, 0) is 56.4 Å². The molecule has 0 spiro atoms. The second-order valence-corrected chi connectivity index (χ2v) is 7.13. The summed E-state index contributed by atoms with van der Waals surface area (Å²) in [5, 5.41) is 0. The minimum absolute atomic E-state index is 0.428. The maximum Gasteiger partial charge on any atom is 0.0250 e. The van der Waals surface area contributed by atoms with Gasteiger partial charge in [0.15, 0.2) is 0 Å². The molecule has 2 fully saturated rings. The predicted octanol–water partition coefficient (Wildman–Crippen LogP) is 3.79. The average Bonchev–Trinajstić information content (AvgIpc) is 2.86. The Balaban J connectivity index is 1.96. The van der Waals surface area contributed by atoms with E-state index >= 15 is 0 Å². The van der Waals surface area contributed by atoms with Gasteiger partial charge < -0.3 is 5.73 Å². The van der Waals surface area contributed by atoms with Crippen LogP contribution in [0.25, 0.3) is 0 Å². The molecule has 0 amide bonds. The Hall–Kier alpha value is -0.0800. The Bertz CT molecular complexity index is 272. The van der Waals surface area contributed by atoms with Crippen molar-refractivity contribution in [2.24, 2.45) is 17.1 Å². The fourth-order valence-corrected chi connectivity index (χ4v) is 4.42. The number of rotatable bonds is 5. The van der Waals surface area contributed by atoms with Crippen LogP contribution in [-0.4, -0.2) is 30.1 Å². The summed E-state index contributed by atoms with van der Waals surface area (Å²) in [7, 11) is 0. The summed E-state index contributed by atoms with van der Waals surface area (Å²) in [5.74, 6) is 0.938. The highest BCUT2D eigenvalue weighted by molar-refractivity contribution is 4.96. The molecule has 19 heavy (non-hydrogen) atoms. The molecule has 3 unspecified atom stereocenters. The summed E-state index contributed by atoms with van der Waals surface area (Å²) in [6.45, 7) is 9.65. The highest BCUT2D eigenvalue weighted by Gasteiger charge is 2.41. The largest absolute Gasteiger partial charge is 0.326 e. The molecular weight excluding hydrogens is 232 g/mol. The Morgan fingerprint density at radius 3 is 2.47 bits per heavy atom. The van der Waals surface area contributed by atoms with E-state index in [0.717, 1.165) is 5.92 Å². The number of nitrogens with two attached hydrogens (primary N) is 1. The Morgan fingerprint density at radius 1 is 1.16 bits per heavy atom. The van der Waals surface area contributed by atoms with Crippen molar-refractivity contribution in [2.75, 3.05) is 13.1 Å². The third-order valence-corrected chi connectivity index (χ3v) is 6.11. The van der Waals surface area contributed by atoms with Crippen LogP contribution >= 0.6 is 0 Å². The van der Waals surface area contributed by atoms with Crippen molar-refractivity contribution in [2.45, 2.75) is 84.2 Å². The zero-order chi connectivity index (χ0) is 13.9. The van der Waals surface area contributed by atoms with Crippen LogP contribution in [0.3, 0.4) is 0 Å². The number of hydrogen-bond donors (Lipinski definition) is 1. The van der Waals surface area contributed by atoms with Crippen LogP contribution in [0, 0.1) is 11.3 Å². The molecule has 0 aromatic rings. The molecule has 1 aliphatic heterocycles. The second-order valence-electron chi connectivity index (χ2n) is 7.13. The summed E-state index contributed by atoms with van der Waals surface area (Å²) >= 11 is 0. The van der Waals surface area contributed by atoms with E-state index in [4.69, 9.17) is 5.73 Å². The van der Waals surface area contributed by atoms with Crippen LogP contribution in [-0.2, 0) is 0 Å². The lowest BCUT2D eigenvalue weighted by atomic mass is 9.79. The van der Waals surface area contributed by atoms with Gasteiger partial charge in [0.2, 0.25) is 0 Å². The van der Waals surface area contributed by atoms with Gasteiger partial charge in [0, 0.05) is 18.6 Å². The van der Waals surface area contributed by atoms with Crippen LogP contribution in [0.15, 0.2) is 0 Å². The molecule has 2 nitrogen and oxygen atoms in total. The van der Waals surface area contributed by atoms with Gasteiger partial charge >= 0.3 is 0 Å². The van der Waals surface area contributed by atoms with E-state index in [2.05, 4.69) is 25.7 Å². The topological polar surface area (TPSA) is 29.3 Å². The Morgan fingerprint density at radius 2 is 1.89 bits per heavy atom. The van der Waals surface area contributed by atoms with Crippen molar-refractivity contribution >= 4 is 0 Å². The molecular formula is C17H34N2. The lowest BCUT2D eigenvalue weighted by Crippen LogP contribution is -2.51. The molecule has 2 N–H and O–H groups in total. The van der Waals surface area contributed by atoms with E-state index in [1.807, 2.05) is 0 Å². The number of nitrogens with zero attached hydrogens (tertiary/aromatic N) is 1. The molecule has 0 radical (unpaired) electrons. The molecule has 1 saturated carbocycles. The zero-order valence-electron chi connectivity index (χ0n) is 13.3. The lowest BCUT2D eigenvalue weighted by Gasteiger charge is -2.40. The van der Waals surface area contributed by atoms with Crippen molar-refractivity contribution in [1.82, 2.24) is 4.90 Å². The predicted molar refractivity (Wildman–Crippen MR) is 83.2 cm³/mol. The second kappa shape index (κ2) is 6.58. The molecule has 2 rings (SSSR count). The van der Waals surface area contributed by atoms with Crippen molar-refractivity contribution < 1.29 is 0 Å². The SMILES string of the molecule is CCCC1CCC(N)C(N2CCC(CC)(CC)C2)C1. The summed E-state index contributed by atoms with van der Waals surface area (Å²) in [6.07, 6.45) is 10.8. The van der Waals surface area contributed by atoms with Crippen molar-refractivity contribution in [3.63, 3.8) is 0 Å². The first kappa shape index (κ1) is 15.3. The molecule has 112 valence electrons. The quantitative estimate of drug-likeness (QED) is 0.820. The van der Waals surface area contributed by atoms with Crippen LogP contribution in [0.5, 0.6) is 0 Å². The molecule has 3 atom stereocenters. The molecule has 1 aliphatic carbocycles. The van der Waals surface area contributed by atoms with Gasteiger partial charge in [-0.1, -0.05) is 33.6 Å². The molecule has 2 aliphatic rings. The van der Waals surface area contributed by atoms with E-state index in [9.17, 15) is 0 Å². The Kier molecular flexibility index (Phi) is 5.30. The van der Waals surface area contributed by atoms with E-state index in [0.29, 0.717) is 17.5 Å². The first-order valence-electron chi connectivity index (χ1n) is 8.63. The minimum atomic E-state index is 0.428. The fraction of sp³-hybridized carbons (Fsp3) is 1.00. The molecule has 0 aromatic heterocycles. The van der Waals surface area contributed by atoms with E-state index < -0.39 is 0 Å². The Labute approximate surface area is 120 Å². The maximum atomic E-state index is 6.45. The van der Waals surface area contributed by atoms with Crippen molar-refractivity contribution in [1.29, 1.82) is 0 Å². The molecule has 0 bridgehead atoms. The third-order valence-electron chi connectivity index (χ3n) is 6.11. The van der Waals surface area contributed by atoms with E-state index in [-0.39, 0.29) is 0 Å². The highest BCUT2D eigenvalue weighted by atomic mass is 15.2. The number of hydrogen-bond acceptors (Lipinski definition) is 2. The standard InChI is InChI=1S/C17H34N2/c1-4-7-14-8-9-15(18)16(12-14)19-11-10-17(5-2,6-3)13-19/h14-16H,4-13,18H2,1-3H3. The molecule has 2 heteroatoms. The monoisotopic (exact) mass is 266 g/mol. The van der Waals surface area contributed by atoms with Gasteiger partial charge in [0.1, 0.15) is 0 Å². The maximum absolute atomic E-state index is 6.45. The van der Waals surface area contributed by atoms with E-state index in [1.165, 1.54) is 64.5 Å². The first-order chi connectivity index (χ1) is 9.14. The summed E-state index contributed by atoms with van der Waals surface area (Å²) in [4.78, 5) is 2.75. The summed E-state index contributed by atoms with van der Waals surface area (Å²) in [6, 6.07) is 1.10. The zero-order valence-corrected chi connectivity index (χ0v) is 13.3. The first-order valence-corrected chi connectivity index (χ1v) is 8.63. The van der Waals surface area contributed by atoms with Crippen LogP contribution in [0.1, 0.15) is 72.1 Å². The molecule has 1 saturated heterocycles. The normalized spacial score (nSPS) is 35.7. The van der Waals surface area contributed by atoms with Crippen LogP contribution < -0.4 is 5.73 Å². The van der Waals surface area contributed by atoms with Gasteiger partial charge in [-0.15, -0.1) is 0 Å². The third kappa shape index (κ3) is 3.33. The van der Waals surface area contributed by atoms with Gasteiger partial charge in [-0.3, -0.25) is 4.90 Å². The molecule has 1 heterocycles. The smallest absolute Gasteiger partial charge is 0.0250 e. The summed E-state index contributed by atoms with van der Waals surface area (Å²) in [5.41, 5.74) is 7.04. The van der Waals surface area contributed by atoms with Crippen LogP contribution in [0.2, 0.25) is 0 Å². The lowest BCUT2D eigenvalue weighted by molar-refractivity contribution is 0.115. The minimum Gasteiger partial charge on any atom is -0.326 e. The van der Waals surface area contributed by atoms with Gasteiger partial charge in [0.05, 0.1) is 0 Å². The summed E-state index contributed by atoms with van der Waals surface area (Å²) < 4.78 is 0. The average molecular weight is 266 g/mol. The van der Waals surface area contributed by atoms with E-state index in [1.54, 1.807) is 0 Å². The fourth-order valence-electron chi connectivity index (χ4n) is 4.42.